The van der Waals surface area contributed by atoms with Crippen LogP contribution in [0.2, 0.25) is 19.6 Å². The maximum absolute atomic E-state index is 5.35. The summed E-state index contributed by atoms with van der Waals surface area (Å²) in [6.07, 6.45) is 0. The fourth-order valence-corrected chi connectivity index (χ4v) is 7.88. The molecule has 2 heterocycles. The molecule has 200 valence electrons. The number of para-hydroxylation sites is 2. The van der Waals surface area contributed by atoms with Gasteiger partial charge in [0.15, 0.2) is 0 Å². The Balaban J connectivity index is 1.62. The number of aryl methyl sites for hydroxylation is 1. The lowest BCUT2D eigenvalue weighted by Crippen LogP contribution is -2.37. The van der Waals surface area contributed by atoms with Crippen LogP contribution in [0.1, 0.15) is 5.56 Å². The lowest BCUT2D eigenvalue weighted by molar-refractivity contribution is 1.11. The number of aromatic nitrogens is 2. The number of benzene rings is 5. The molecule has 0 radical (unpaired) electrons. The summed E-state index contributed by atoms with van der Waals surface area (Å²) < 4.78 is 3.72. The van der Waals surface area contributed by atoms with Gasteiger partial charge in [-0.3, -0.25) is 4.57 Å². The zero-order chi connectivity index (χ0) is 28.1. The van der Waals surface area contributed by atoms with Crippen molar-refractivity contribution in [2.45, 2.75) is 26.6 Å². The van der Waals surface area contributed by atoms with Crippen molar-refractivity contribution in [2.75, 3.05) is 0 Å². The van der Waals surface area contributed by atoms with Crippen molar-refractivity contribution in [3.8, 4) is 39.3 Å². The van der Waals surface area contributed by atoms with Crippen molar-refractivity contribution < 1.29 is 0 Å². The Bertz CT molecular complexity index is 1970. The van der Waals surface area contributed by atoms with Crippen molar-refractivity contribution in [2.24, 2.45) is 0 Å². The maximum Gasteiger partial charge on any atom is 0.147 e. The van der Waals surface area contributed by atoms with Gasteiger partial charge in [0.25, 0.3) is 0 Å². The first kappa shape index (κ1) is 25.7. The lowest BCUT2D eigenvalue weighted by Gasteiger charge is -2.21. The highest BCUT2D eigenvalue weighted by atomic mass is 32.1. The smallest absolute Gasteiger partial charge is 0.147 e. The fourth-order valence-electron chi connectivity index (χ4n) is 5.80. The third-order valence-electron chi connectivity index (χ3n) is 7.89. The van der Waals surface area contributed by atoms with Crippen LogP contribution in [0.25, 0.3) is 60.4 Å². The largest absolute Gasteiger partial charge is 0.291 e. The number of nitrogens with zero attached hydrogens (tertiary/aromatic N) is 2. The molecule has 41 heavy (non-hydrogen) atoms. The highest BCUT2D eigenvalue weighted by Crippen LogP contribution is 2.43. The van der Waals surface area contributed by atoms with E-state index in [4.69, 9.17) is 4.98 Å². The Labute approximate surface area is 246 Å². The van der Waals surface area contributed by atoms with Gasteiger partial charge in [0, 0.05) is 32.2 Å². The van der Waals surface area contributed by atoms with Crippen LogP contribution in [-0.4, -0.2) is 17.6 Å². The van der Waals surface area contributed by atoms with E-state index in [1.807, 2.05) is 11.3 Å². The second kappa shape index (κ2) is 9.98. The third kappa shape index (κ3) is 4.53. The Morgan fingerprint density at radius 3 is 1.90 bits per heavy atom. The number of hydrogen-bond donors (Lipinski definition) is 0. The summed E-state index contributed by atoms with van der Waals surface area (Å²) >= 11 is 1.81. The lowest BCUT2D eigenvalue weighted by atomic mass is 9.93. The van der Waals surface area contributed by atoms with E-state index in [1.165, 1.54) is 48.7 Å². The molecule has 0 fully saturated rings. The van der Waals surface area contributed by atoms with E-state index in [9.17, 15) is 0 Å². The van der Waals surface area contributed by atoms with Gasteiger partial charge in [-0.25, -0.2) is 4.98 Å². The van der Waals surface area contributed by atoms with E-state index in [-0.39, 0.29) is 0 Å². The average molecular weight is 565 g/mol. The molecule has 5 aromatic carbocycles. The normalized spacial score (nSPS) is 11.9. The van der Waals surface area contributed by atoms with Crippen LogP contribution >= 0.6 is 11.3 Å². The summed E-state index contributed by atoms with van der Waals surface area (Å²) in [5, 5.41) is 5.06. The molecule has 0 amide bonds. The first-order valence-electron chi connectivity index (χ1n) is 14.1. The quantitative estimate of drug-likeness (QED) is 0.190. The highest BCUT2D eigenvalue weighted by Gasteiger charge is 2.24. The van der Waals surface area contributed by atoms with Gasteiger partial charge < -0.3 is 0 Å². The minimum Gasteiger partial charge on any atom is -0.291 e. The van der Waals surface area contributed by atoms with Crippen LogP contribution in [0.5, 0.6) is 0 Å². The van der Waals surface area contributed by atoms with Crippen LogP contribution in [0.15, 0.2) is 121 Å². The minimum absolute atomic E-state index is 0.989. The molecule has 2 aromatic heterocycles. The molecule has 7 aromatic rings. The zero-order valence-electron chi connectivity index (χ0n) is 23.8. The minimum atomic E-state index is -1.49. The Hall–Kier alpha value is -4.25. The molecule has 0 bridgehead atoms. The van der Waals surface area contributed by atoms with Crippen LogP contribution < -0.4 is 5.19 Å². The van der Waals surface area contributed by atoms with Crippen LogP contribution in [-0.2, 0) is 0 Å². The van der Waals surface area contributed by atoms with Crippen molar-refractivity contribution in [3.63, 3.8) is 0 Å². The number of imidazole rings is 1. The summed E-state index contributed by atoms with van der Waals surface area (Å²) in [6.45, 7) is 9.44. The van der Waals surface area contributed by atoms with Gasteiger partial charge in [-0.15, -0.1) is 11.3 Å². The molecule has 0 unspecified atom stereocenters. The van der Waals surface area contributed by atoms with Gasteiger partial charge >= 0.3 is 0 Å². The van der Waals surface area contributed by atoms with Crippen molar-refractivity contribution >= 4 is 45.7 Å². The van der Waals surface area contributed by atoms with E-state index in [0.29, 0.717) is 0 Å². The van der Waals surface area contributed by atoms with E-state index in [1.54, 1.807) is 0 Å². The van der Waals surface area contributed by atoms with Crippen LogP contribution in [0, 0.1) is 6.92 Å². The number of rotatable bonds is 5. The molecular formula is C37H32N2SSi. The summed E-state index contributed by atoms with van der Waals surface area (Å²) in [5.74, 6) is 0.989. The fraction of sp³-hybridized carbons (Fsp3) is 0.108. The molecule has 2 nitrogen and oxygen atoms in total. The first-order chi connectivity index (χ1) is 19.9. The monoisotopic (exact) mass is 564 g/mol. The van der Waals surface area contributed by atoms with Crippen molar-refractivity contribution in [1.29, 1.82) is 0 Å². The molecule has 0 aliphatic carbocycles. The molecule has 0 aliphatic heterocycles. The topological polar surface area (TPSA) is 17.8 Å². The van der Waals surface area contributed by atoms with E-state index in [2.05, 4.69) is 152 Å². The van der Waals surface area contributed by atoms with Gasteiger partial charge in [0.1, 0.15) is 5.82 Å². The Morgan fingerprint density at radius 1 is 0.659 bits per heavy atom. The van der Waals surface area contributed by atoms with Crippen LogP contribution in [0.3, 0.4) is 0 Å². The summed E-state index contributed by atoms with van der Waals surface area (Å²) in [4.78, 5) is 5.35. The molecule has 0 spiro atoms. The van der Waals surface area contributed by atoms with Gasteiger partial charge in [0.05, 0.1) is 24.8 Å². The van der Waals surface area contributed by atoms with Gasteiger partial charge in [-0.1, -0.05) is 110 Å². The molecule has 7 rings (SSSR count). The second-order valence-corrected chi connectivity index (χ2v) is 17.8. The number of thiophene rings is 1. The Morgan fingerprint density at radius 2 is 1.27 bits per heavy atom. The molecule has 4 heteroatoms. The predicted molar refractivity (Wildman–Crippen MR) is 180 cm³/mol. The number of hydrogen-bond acceptors (Lipinski definition) is 2. The average Bonchev–Trinajstić information content (AvgIpc) is 3.58. The van der Waals surface area contributed by atoms with E-state index in [0.717, 1.165) is 22.5 Å². The van der Waals surface area contributed by atoms with Crippen LogP contribution in [0.4, 0.5) is 0 Å². The van der Waals surface area contributed by atoms with Gasteiger partial charge in [0.2, 0.25) is 0 Å². The standard InChI is InChI=1S/C37H32N2SSi/c1-25-21-29(26-13-7-5-8-14-26)36(30(22-25)27-15-9-6-10-16-27)39-34-18-12-11-17-33(34)38-37(39)32-24-40-35-20-19-28(23-31(32)35)41(2,3)4/h5-24H,1-4H3. The third-order valence-corrected chi connectivity index (χ3v) is 10.9. The molecule has 0 N–H and O–H groups in total. The first-order valence-corrected chi connectivity index (χ1v) is 18.5. The number of fused-ring (bicyclic) bond motifs is 2. The van der Waals surface area contributed by atoms with Crippen molar-refractivity contribution in [1.82, 2.24) is 9.55 Å². The summed E-state index contributed by atoms with van der Waals surface area (Å²) in [5.41, 5.74) is 10.5. The molecule has 0 atom stereocenters. The predicted octanol–water partition coefficient (Wildman–Crippen LogP) is 10.1. The molecular weight excluding hydrogens is 533 g/mol. The Kier molecular flexibility index (Phi) is 6.26. The van der Waals surface area contributed by atoms with E-state index < -0.39 is 8.07 Å². The summed E-state index contributed by atoms with van der Waals surface area (Å²) in [7, 11) is -1.49. The summed E-state index contributed by atoms with van der Waals surface area (Å²) in [6, 6.07) is 41.8. The molecule has 0 saturated heterocycles. The zero-order valence-corrected chi connectivity index (χ0v) is 25.7. The molecule has 0 aliphatic rings. The van der Waals surface area contributed by atoms with E-state index >= 15 is 0 Å². The molecule has 0 saturated carbocycles. The SMILES string of the molecule is Cc1cc(-c2ccccc2)c(-n2c(-c3csc4ccc([Si](C)(C)C)cc34)nc3ccccc32)c(-c2ccccc2)c1. The van der Waals surface area contributed by atoms with Gasteiger partial charge in [-0.2, -0.15) is 0 Å². The van der Waals surface area contributed by atoms with Gasteiger partial charge in [-0.05, 0) is 53.9 Å². The maximum atomic E-state index is 5.35. The second-order valence-electron chi connectivity index (χ2n) is 11.8. The van der Waals surface area contributed by atoms with Crippen molar-refractivity contribution in [3.05, 3.63) is 126 Å². The highest BCUT2D eigenvalue weighted by molar-refractivity contribution is 7.17.